The fourth-order valence-corrected chi connectivity index (χ4v) is 2.48. The Bertz CT molecular complexity index is 938. The molecule has 0 radical (unpaired) electrons. The molecule has 0 aliphatic rings. The summed E-state index contributed by atoms with van der Waals surface area (Å²) < 4.78 is 0. The van der Waals surface area contributed by atoms with Gasteiger partial charge in [0.25, 0.3) is 0 Å². The number of aromatic amines is 1. The first kappa shape index (κ1) is 11.8. The van der Waals surface area contributed by atoms with Gasteiger partial charge in [0.2, 0.25) is 5.95 Å². The highest BCUT2D eigenvalue weighted by atomic mass is 15.2. The summed E-state index contributed by atoms with van der Waals surface area (Å²) in [6.07, 6.45) is 5.40. The molecule has 0 unspecified atom stereocenters. The van der Waals surface area contributed by atoms with Gasteiger partial charge in [0.1, 0.15) is 0 Å². The van der Waals surface area contributed by atoms with E-state index >= 15 is 0 Å². The number of aromatic nitrogens is 5. The van der Waals surface area contributed by atoms with Gasteiger partial charge in [-0.15, -0.1) is 0 Å². The Morgan fingerprint density at radius 3 is 2.90 bits per heavy atom. The molecule has 0 bridgehead atoms. The number of hydrogen-bond acceptors (Lipinski definition) is 5. The molecular formula is C15H12N6. The molecule has 4 rings (SSSR count). The Balaban J connectivity index is 2.11. The van der Waals surface area contributed by atoms with Gasteiger partial charge in [-0.1, -0.05) is 18.2 Å². The average molecular weight is 276 g/mol. The summed E-state index contributed by atoms with van der Waals surface area (Å²) in [7, 11) is 1.80. The number of rotatable bonds is 2. The zero-order valence-electron chi connectivity index (χ0n) is 11.3. The third-order valence-corrected chi connectivity index (χ3v) is 3.47. The first-order valence-corrected chi connectivity index (χ1v) is 6.59. The SMILES string of the molecule is CNc1nc(-c2cccc3cnccc23)c2cn[nH]c2n1. The van der Waals surface area contributed by atoms with E-state index in [1.807, 2.05) is 24.4 Å². The predicted octanol–water partition coefficient (Wildman–Crippen LogP) is 2.61. The van der Waals surface area contributed by atoms with Crippen LogP contribution < -0.4 is 5.32 Å². The minimum atomic E-state index is 0.563. The topological polar surface area (TPSA) is 79.4 Å². The molecule has 3 aromatic heterocycles. The molecule has 4 aromatic rings. The summed E-state index contributed by atoms with van der Waals surface area (Å²) in [4.78, 5) is 13.1. The average Bonchev–Trinajstić information content (AvgIpc) is 3.02. The van der Waals surface area contributed by atoms with Crippen LogP contribution in [0.2, 0.25) is 0 Å². The first-order valence-electron chi connectivity index (χ1n) is 6.59. The Kier molecular flexibility index (Phi) is 2.53. The van der Waals surface area contributed by atoms with Gasteiger partial charge in [-0.25, -0.2) is 4.98 Å². The highest BCUT2D eigenvalue weighted by molar-refractivity contribution is 6.02. The number of hydrogen-bond donors (Lipinski definition) is 2. The largest absolute Gasteiger partial charge is 0.357 e. The fourth-order valence-electron chi connectivity index (χ4n) is 2.48. The van der Waals surface area contributed by atoms with Gasteiger partial charge < -0.3 is 5.32 Å². The lowest BCUT2D eigenvalue weighted by Gasteiger charge is -2.08. The van der Waals surface area contributed by atoms with Crippen molar-refractivity contribution < 1.29 is 0 Å². The van der Waals surface area contributed by atoms with E-state index in [4.69, 9.17) is 0 Å². The number of nitrogens with one attached hydrogen (secondary N) is 2. The molecule has 0 amide bonds. The van der Waals surface area contributed by atoms with E-state index in [0.717, 1.165) is 33.1 Å². The summed E-state index contributed by atoms with van der Waals surface area (Å²) in [5.74, 6) is 0.563. The molecule has 2 N–H and O–H groups in total. The van der Waals surface area contributed by atoms with Gasteiger partial charge >= 0.3 is 0 Å². The van der Waals surface area contributed by atoms with Crippen LogP contribution in [0.3, 0.4) is 0 Å². The monoisotopic (exact) mass is 276 g/mol. The maximum Gasteiger partial charge on any atom is 0.225 e. The van der Waals surface area contributed by atoms with Gasteiger partial charge in [0.15, 0.2) is 5.65 Å². The van der Waals surface area contributed by atoms with Crippen molar-refractivity contribution in [1.29, 1.82) is 0 Å². The van der Waals surface area contributed by atoms with Crippen LogP contribution in [0.15, 0.2) is 42.9 Å². The molecule has 3 heterocycles. The Morgan fingerprint density at radius 1 is 1.05 bits per heavy atom. The van der Waals surface area contributed by atoms with E-state index in [1.54, 1.807) is 19.4 Å². The molecule has 0 atom stereocenters. The molecule has 0 aliphatic heterocycles. The van der Waals surface area contributed by atoms with Crippen molar-refractivity contribution in [3.05, 3.63) is 42.9 Å². The van der Waals surface area contributed by atoms with Crippen molar-refractivity contribution in [2.45, 2.75) is 0 Å². The lowest BCUT2D eigenvalue weighted by Crippen LogP contribution is -1.98. The smallest absolute Gasteiger partial charge is 0.225 e. The Morgan fingerprint density at radius 2 is 2.00 bits per heavy atom. The lowest BCUT2D eigenvalue weighted by molar-refractivity contribution is 1.09. The molecule has 0 aliphatic carbocycles. The van der Waals surface area contributed by atoms with Crippen molar-refractivity contribution in [3.63, 3.8) is 0 Å². The number of pyridine rings is 1. The minimum Gasteiger partial charge on any atom is -0.357 e. The normalized spacial score (nSPS) is 11.1. The number of H-pyrrole nitrogens is 1. The Hall–Kier alpha value is -3.02. The van der Waals surface area contributed by atoms with Gasteiger partial charge in [0.05, 0.1) is 17.3 Å². The predicted molar refractivity (Wildman–Crippen MR) is 82.0 cm³/mol. The van der Waals surface area contributed by atoms with Crippen LogP contribution in [0.25, 0.3) is 33.1 Å². The molecule has 0 saturated carbocycles. The second kappa shape index (κ2) is 4.52. The molecule has 6 nitrogen and oxygen atoms in total. The third kappa shape index (κ3) is 1.80. The summed E-state index contributed by atoms with van der Waals surface area (Å²) in [6, 6.07) is 8.10. The van der Waals surface area contributed by atoms with Crippen molar-refractivity contribution in [3.8, 4) is 11.3 Å². The zero-order chi connectivity index (χ0) is 14.2. The first-order chi connectivity index (χ1) is 10.4. The van der Waals surface area contributed by atoms with Crippen LogP contribution >= 0.6 is 0 Å². The van der Waals surface area contributed by atoms with Crippen LogP contribution in [0.5, 0.6) is 0 Å². The number of fused-ring (bicyclic) bond motifs is 2. The second-order valence-electron chi connectivity index (χ2n) is 4.68. The Labute approximate surface area is 120 Å². The summed E-state index contributed by atoms with van der Waals surface area (Å²) in [5, 5.41) is 13.0. The second-order valence-corrected chi connectivity index (χ2v) is 4.68. The van der Waals surface area contributed by atoms with E-state index < -0.39 is 0 Å². The van der Waals surface area contributed by atoms with Crippen LogP contribution in [-0.4, -0.2) is 32.2 Å². The number of benzene rings is 1. The quantitative estimate of drug-likeness (QED) is 0.588. The lowest BCUT2D eigenvalue weighted by atomic mass is 10.0. The van der Waals surface area contributed by atoms with E-state index in [-0.39, 0.29) is 0 Å². The van der Waals surface area contributed by atoms with Crippen molar-refractivity contribution in [2.75, 3.05) is 12.4 Å². The molecule has 6 heteroatoms. The van der Waals surface area contributed by atoms with Gasteiger partial charge in [-0.3, -0.25) is 10.1 Å². The summed E-state index contributed by atoms with van der Waals surface area (Å²) in [6.45, 7) is 0. The van der Waals surface area contributed by atoms with Crippen LogP contribution in [0.4, 0.5) is 5.95 Å². The summed E-state index contributed by atoms with van der Waals surface area (Å²) in [5.41, 5.74) is 2.62. The molecule has 0 fully saturated rings. The molecule has 102 valence electrons. The molecule has 21 heavy (non-hydrogen) atoms. The zero-order valence-corrected chi connectivity index (χ0v) is 11.3. The van der Waals surface area contributed by atoms with Crippen molar-refractivity contribution in [2.24, 2.45) is 0 Å². The highest BCUT2D eigenvalue weighted by Gasteiger charge is 2.13. The van der Waals surface area contributed by atoms with Crippen molar-refractivity contribution in [1.82, 2.24) is 25.1 Å². The van der Waals surface area contributed by atoms with Crippen LogP contribution in [0.1, 0.15) is 0 Å². The van der Waals surface area contributed by atoms with E-state index in [2.05, 4.69) is 36.5 Å². The highest BCUT2D eigenvalue weighted by Crippen LogP contribution is 2.31. The van der Waals surface area contributed by atoms with Gasteiger partial charge in [0, 0.05) is 30.4 Å². The molecule has 0 saturated heterocycles. The molecular weight excluding hydrogens is 264 g/mol. The number of anilines is 1. The molecule has 0 spiro atoms. The maximum atomic E-state index is 4.61. The standard InChI is InChI=1S/C15H12N6/c1-16-15-19-13(12-8-18-21-14(12)20-15)11-4-2-3-9-7-17-6-5-10(9)11/h2-8H,1H3,(H2,16,18,19,20,21). The van der Waals surface area contributed by atoms with Gasteiger partial charge in [-0.2, -0.15) is 10.1 Å². The fraction of sp³-hybridized carbons (Fsp3) is 0.0667. The van der Waals surface area contributed by atoms with Crippen LogP contribution in [0, 0.1) is 0 Å². The maximum absolute atomic E-state index is 4.61. The van der Waals surface area contributed by atoms with Crippen LogP contribution in [-0.2, 0) is 0 Å². The summed E-state index contributed by atoms with van der Waals surface area (Å²) >= 11 is 0. The minimum absolute atomic E-state index is 0.563. The van der Waals surface area contributed by atoms with E-state index in [9.17, 15) is 0 Å². The van der Waals surface area contributed by atoms with Gasteiger partial charge in [-0.05, 0) is 11.5 Å². The van der Waals surface area contributed by atoms with E-state index in [0.29, 0.717) is 5.95 Å². The van der Waals surface area contributed by atoms with E-state index in [1.165, 1.54) is 0 Å². The third-order valence-electron chi connectivity index (χ3n) is 3.47. The van der Waals surface area contributed by atoms with Crippen molar-refractivity contribution >= 4 is 27.8 Å². The number of nitrogens with zero attached hydrogens (tertiary/aromatic N) is 4. The molecule has 1 aromatic carbocycles.